The number of hydrogen-bond acceptors (Lipinski definition) is 15. The van der Waals surface area contributed by atoms with Crippen LogP contribution in [0.4, 0.5) is 0 Å². The highest BCUT2D eigenvalue weighted by atomic mass is 31.2. The van der Waals surface area contributed by atoms with E-state index in [1.165, 1.54) is 0 Å². The summed E-state index contributed by atoms with van der Waals surface area (Å²) in [4.78, 5) is 73.5. The van der Waals surface area contributed by atoms with E-state index in [9.17, 15) is 28.8 Å². The lowest BCUT2D eigenvalue weighted by molar-refractivity contribution is -0.291. The molecule has 1 aliphatic heterocycles. The molecule has 1 N–H and O–H groups in total. The average molecular weight is 612 g/mol. The fourth-order valence-electron chi connectivity index (χ4n) is 3.91. The molecule has 0 aromatic rings. The van der Waals surface area contributed by atoms with Crippen molar-refractivity contribution in [2.45, 2.75) is 91.1 Å². The number of rotatable bonds is 15. The number of methoxy groups -OCH3 is 1. The third-order valence-corrected chi connectivity index (χ3v) is 6.57. The smallest absolute Gasteiger partial charge is 0.367 e. The summed E-state index contributed by atoms with van der Waals surface area (Å²) in [6.07, 6.45) is -6.72. The summed E-state index contributed by atoms with van der Waals surface area (Å²) in [5.41, 5.74) is 0. The molecule has 6 atom stereocenters. The van der Waals surface area contributed by atoms with Gasteiger partial charge in [0.15, 0.2) is 12.2 Å². The van der Waals surface area contributed by atoms with E-state index >= 15 is 0 Å². The van der Waals surface area contributed by atoms with Crippen molar-refractivity contribution in [3.63, 3.8) is 0 Å². The number of hydrogen-bond donors (Lipinski definition) is 1. The van der Waals surface area contributed by atoms with Gasteiger partial charge in [0.1, 0.15) is 18.8 Å². The quantitative estimate of drug-likeness (QED) is 0.155. The fourth-order valence-corrected chi connectivity index (χ4v) is 4.95. The molecule has 1 aliphatic rings. The summed E-state index contributed by atoms with van der Waals surface area (Å²) in [5.74, 6) is -7.45. The molecule has 17 heteroatoms. The zero-order valence-electron chi connectivity index (χ0n) is 24.3. The summed E-state index contributed by atoms with van der Waals surface area (Å²) in [6.45, 7) is 8.35. The SMILES string of the molecule is CCOP(OCC)O[C@@]1(C(=O)OC)C[C@H](OC(C)=O)[C@@H](NC(C)=O)[C@@H]([C@H](OC(C)=O)[C@@H](COC(C)=O)OC(C)=O)O1. The summed E-state index contributed by atoms with van der Waals surface area (Å²) in [6, 6.07) is -1.32. The van der Waals surface area contributed by atoms with Crippen LogP contribution in [0.3, 0.4) is 0 Å². The van der Waals surface area contributed by atoms with Crippen LogP contribution in [0.5, 0.6) is 0 Å². The lowest BCUT2D eigenvalue weighted by atomic mass is 9.88. The molecule has 0 saturated carbocycles. The molecule has 41 heavy (non-hydrogen) atoms. The van der Waals surface area contributed by atoms with Gasteiger partial charge in [-0.1, -0.05) is 0 Å². The molecule has 0 spiro atoms. The number of esters is 5. The fraction of sp³-hybridized carbons (Fsp3) is 0.750. The highest BCUT2D eigenvalue weighted by Gasteiger charge is 2.60. The molecule has 0 radical (unpaired) electrons. The van der Waals surface area contributed by atoms with Crippen LogP contribution >= 0.6 is 8.60 Å². The van der Waals surface area contributed by atoms with Gasteiger partial charge >= 0.3 is 38.4 Å². The first-order valence-electron chi connectivity index (χ1n) is 12.6. The van der Waals surface area contributed by atoms with Crippen LogP contribution in [0.15, 0.2) is 0 Å². The normalized spacial score (nSPS) is 23.5. The highest BCUT2D eigenvalue weighted by Crippen LogP contribution is 2.49. The number of nitrogens with one attached hydrogen (secondary N) is 1. The molecule has 1 rings (SSSR count). The molecule has 1 amide bonds. The molecule has 0 aromatic heterocycles. The van der Waals surface area contributed by atoms with Crippen LogP contribution in [-0.2, 0) is 70.8 Å². The van der Waals surface area contributed by atoms with Crippen LogP contribution in [0.25, 0.3) is 0 Å². The molecule has 0 unspecified atom stereocenters. The Morgan fingerprint density at radius 3 is 1.93 bits per heavy atom. The summed E-state index contributed by atoms with van der Waals surface area (Å²) >= 11 is 0. The zero-order valence-corrected chi connectivity index (χ0v) is 25.2. The number of amides is 1. The van der Waals surface area contributed by atoms with Gasteiger partial charge in [-0.15, -0.1) is 0 Å². The van der Waals surface area contributed by atoms with E-state index in [4.69, 9.17) is 42.0 Å². The second-order valence-corrected chi connectivity index (χ2v) is 9.73. The molecule has 0 bridgehead atoms. The van der Waals surface area contributed by atoms with Gasteiger partial charge in [-0.25, -0.2) is 4.79 Å². The Morgan fingerprint density at radius 1 is 0.902 bits per heavy atom. The zero-order chi connectivity index (χ0) is 31.3. The molecule has 1 heterocycles. The van der Waals surface area contributed by atoms with Gasteiger partial charge in [0.25, 0.3) is 5.79 Å². The van der Waals surface area contributed by atoms with E-state index in [-0.39, 0.29) is 13.2 Å². The Balaban J connectivity index is 3.90. The lowest BCUT2D eigenvalue weighted by Gasteiger charge is -2.48. The van der Waals surface area contributed by atoms with Gasteiger partial charge in [0.2, 0.25) is 5.91 Å². The van der Waals surface area contributed by atoms with Gasteiger partial charge in [0, 0.05) is 34.6 Å². The summed E-state index contributed by atoms with van der Waals surface area (Å²) in [7, 11) is -1.21. The van der Waals surface area contributed by atoms with Gasteiger partial charge in [-0.3, -0.25) is 28.5 Å². The van der Waals surface area contributed by atoms with Crippen molar-refractivity contribution in [2.24, 2.45) is 0 Å². The second-order valence-electron chi connectivity index (χ2n) is 8.58. The van der Waals surface area contributed by atoms with E-state index in [2.05, 4.69) is 5.32 Å². The Labute approximate surface area is 238 Å². The van der Waals surface area contributed by atoms with Crippen molar-refractivity contribution < 1.29 is 70.8 Å². The predicted octanol–water partition coefficient (Wildman–Crippen LogP) is 0.824. The average Bonchev–Trinajstić information content (AvgIpc) is 2.85. The van der Waals surface area contributed by atoms with Gasteiger partial charge in [0.05, 0.1) is 32.8 Å². The Bertz CT molecular complexity index is 940. The minimum Gasteiger partial charge on any atom is -0.465 e. The Kier molecular flexibility index (Phi) is 15.1. The van der Waals surface area contributed by atoms with Gasteiger partial charge < -0.3 is 42.8 Å². The van der Waals surface area contributed by atoms with Gasteiger partial charge in [-0.2, -0.15) is 0 Å². The first-order valence-corrected chi connectivity index (χ1v) is 13.7. The van der Waals surface area contributed by atoms with Gasteiger partial charge in [-0.05, 0) is 13.8 Å². The van der Waals surface area contributed by atoms with E-state index in [1.807, 2.05) is 0 Å². The second kappa shape index (κ2) is 17.1. The summed E-state index contributed by atoms with van der Waals surface area (Å²) < 4.78 is 49.2. The Hall–Kier alpha value is -2.91. The number of carbonyl (C=O) groups excluding carboxylic acids is 6. The minimum absolute atomic E-state index is 0.112. The van der Waals surface area contributed by atoms with Crippen LogP contribution in [0, 0.1) is 0 Å². The van der Waals surface area contributed by atoms with Crippen molar-refractivity contribution >= 4 is 44.4 Å². The maximum Gasteiger partial charge on any atom is 0.367 e. The van der Waals surface area contributed by atoms with Crippen molar-refractivity contribution in [1.29, 1.82) is 0 Å². The molecule has 0 aromatic carbocycles. The van der Waals surface area contributed by atoms with Crippen molar-refractivity contribution in [3.05, 3.63) is 0 Å². The molecule has 1 saturated heterocycles. The number of carbonyl (C=O) groups is 6. The third-order valence-electron chi connectivity index (χ3n) is 5.19. The molecular weight excluding hydrogens is 573 g/mol. The molecular formula is C24H38NO15P. The maximum absolute atomic E-state index is 13.3. The first kappa shape index (κ1) is 36.1. The van der Waals surface area contributed by atoms with Crippen LogP contribution < -0.4 is 5.32 Å². The summed E-state index contributed by atoms with van der Waals surface area (Å²) in [5, 5.41) is 2.57. The lowest BCUT2D eigenvalue weighted by Crippen LogP contribution is -2.69. The predicted molar refractivity (Wildman–Crippen MR) is 136 cm³/mol. The standard InChI is InChI=1S/C24H38NO15P/c1-9-34-41(35-10-2)40-24(23(31)32-8)11-18(36-15(5)28)20(25-13(3)26)22(39-24)21(38-17(7)30)19(37-16(6)29)12-33-14(4)27/h18-22H,9-12H2,1-8H3,(H,25,26)/t18-,19+,20+,21+,22-,24+/m0/s1. The molecule has 16 nitrogen and oxygen atoms in total. The van der Waals surface area contributed by atoms with Crippen molar-refractivity contribution in [2.75, 3.05) is 26.9 Å². The highest BCUT2D eigenvalue weighted by molar-refractivity contribution is 7.41. The molecule has 234 valence electrons. The van der Waals surface area contributed by atoms with E-state index < -0.39 is 93.6 Å². The van der Waals surface area contributed by atoms with Crippen molar-refractivity contribution in [3.8, 4) is 0 Å². The van der Waals surface area contributed by atoms with Crippen LogP contribution in [0.1, 0.15) is 54.9 Å². The monoisotopic (exact) mass is 611 g/mol. The van der Waals surface area contributed by atoms with E-state index in [0.717, 1.165) is 41.7 Å². The Morgan fingerprint density at radius 2 is 1.49 bits per heavy atom. The molecule has 0 aliphatic carbocycles. The topological polar surface area (TPSA) is 198 Å². The van der Waals surface area contributed by atoms with Crippen LogP contribution in [-0.4, -0.2) is 98.9 Å². The van der Waals surface area contributed by atoms with Crippen LogP contribution in [0.2, 0.25) is 0 Å². The number of ether oxygens (including phenoxy) is 6. The van der Waals surface area contributed by atoms with E-state index in [0.29, 0.717) is 0 Å². The van der Waals surface area contributed by atoms with Crippen molar-refractivity contribution in [1.82, 2.24) is 5.32 Å². The minimum atomic E-state index is -2.41. The largest absolute Gasteiger partial charge is 0.465 e. The first-order chi connectivity index (χ1) is 19.2. The maximum atomic E-state index is 13.3. The third kappa shape index (κ3) is 11.5. The van der Waals surface area contributed by atoms with E-state index in [1.54, 1.807) is 13.8 Å². The molecule has 1 fully saturated rings.